The highest BCUT2D eigenvalue weighted by molar-refractivity contribution is 6.09. The lowest BCUT2D eigenvalue weighted by molar-refractivity contribution is 0.589. The van der Waals surface area contributed by atoms with Gasteiger partial charge in [-0.1, -0.05) is 107 Å². The van der Waals surface area contributed by atoms with Crippen LogP contribution in [0.3, 0.4) is 0 Å². The van der Waals surface area contributed by atoms with E-state index in [2.05, 4.69) is 127 Å². The van der Waals surface area contributed by atoms with Gasteiger partial charge in [0.2, 0.25) is 0 Å². The second-order valence-corrected chi connectivity index (χ2v) is 10.6. The predicted molar refractivity (Wildman–Crippen MR) is 148 cm³/mol. The molecule has 1 heterocycles. The Morgan fingerprint density at radius 1 is 0.735 bits per heavy atom. The van der Waals surface area contributed by atoms with Crippen LogP contribution in [0.2, 0.25) is 0 Å². The van der Waals surface area contributed by atoms with E-state index >= 15 is 0 Å². The molecule has 0 bridgehead atoms. The lowest BCUT2D eigenvalue weighted by Gasteiger charge is -2.20. The van der Waals surface area contributed by atoms with Crippen LogP contribution in [0.1, 0.15) is 62.8 Å². The van der Waals surface area contributed by atoms with Crippen LogP contribution in [0.25, 0.3) is 33.1 Å². The SMILES string of the molecule is CC(C)c1ccccc1.Cc1ccc(C(C)(C)C)cc1-c1oc2ccc3ccccc3c2c1C. The molecule has 0 spiro atoms. The van der Waals surface area contributed by atoms with Crippen LogP contribution in [0.15, 0.2) is 89.3 Å². The molecule has 0 unspecified atom stereocenters. The zero-order chi connectivity index (χ0) is 24.5. The molecule has 0 amide bonds. The summed E-state index contributed by atoms with van der Waals surface area (Å²) < 4.78 is 6.34. The van der Waals surface area contributed by atoms with E-state index in [1.54, 1.807) is 0 Å². The summed E-state index contributed by atoms with van der Waals surface area (Å²) in [6.07, 6.45) is 0. The zero-order valence-electron chi connectivity index (χ0n) is 21.6. The van der Waals surface area contributed by atoms with Gasteiger partial charge in [-0.25, -0.2) is 0 Å². The van der Waals surface area contributed by atoms with E-state index in [9.17, 15) is 0 Å². The van der Waals surface area contributed by atoms with Gasteiger partial charge in [-0.3, -0.25) is 0 Å². The minimum Gasteiger partial charge on any atom is -0.456 e. The van der Waals surface area contributed by atoms with Crippen LogP contribution in [0, 0.1) is 13.8 Å². The fraction of sp³-hybridized carbons (Fsp3) is 0.273. The first-order chi connectivity index (χ1) is 16.2. The second-order valence-electron chi connectivity index (χ2n) is 10.6. The third-order valence-electron chi connectivity index (χ3n) is 6.63. The normalized spacial score (nSPS) is 11.6. The molecule has 5 rings (SSSR count). The first-order valence-corrected chi connectivity index (χ1v) is 12.2. The van der Waals surface area contributed by atoms with E-state index in [1.165, 1.54) is 44.0 Å². The summed E-state index contributed by atoms with van der Waals surface area (Å²) >= 11 is 0. The summed E-state index contributed by atoms with van der Waals surface area (Å²) in [5, 5.41) is 3.75. The van der Waals surface area contributed by atoms with E-state index in [-0.39, 0.29) is 5.41 Å². The van der Waals surface area contributed by atoms with Crippen molar-refractivity contribution in [2.24, 2.45) is 0 Å². The van der Waals surface area contributed by atoms with Gasteiger partial charge in [0.1, 0.15) is 11.3 Å². The van der Waals surface area contributed by atoms with Gasteiger partial charge in [-0.05, 0) is 64.8 Å². The van der Waals surface area contributed by atoms with Crippen molar-refractivity contribution in [2.45, 2.75) is 59.8 Å². The lowest BCUT2D eigenvalue weighted by Crippen LogP contribution is -2.11. The highest BCUT2D eigenvalue weighted by atomic mass is 16.3. The monoisotopic (exact) mass is 448 g/mol. The molecule has 5 aromatic rings. The average Bonchev–Trinajstić information content (AvgIpc) is 3.16. The van der Waals surface area contributed by atoms with Crippen molar-refractivity contribution in [3.8, 4) is 11.3 Å². The van der Waals surface area contributed by atoms with E-state index in [4.69, 9.17) is 4.42 Å². The Balaban J connectivity index is 0.000000257. The molecule has 0 saturated heterocycles. The molecule has 34 heavy (non-hydrogen) atoms. The van der Waals surface area contributed by atoms with Crippen molar-refractivity contribution in [3.05, 3.63) is 107 Å². The van der Waals surface area contributed by atoms with Crippen LogP contribution in [0.4, 0.5) is 0 Å². The van der Waals surface area contributed by atoms with Crippen molar-refractivity contribution in [1.29, 1.82) is 0 Å². The number of hydrogen-bond donors (Lipinski definition) is 0. The summed E-state index contributed by atoms with van der Waals surface area (Å²) in [4.78, 5) is 0. The van der Waals surface area contributed by atoms with Crippen LogP contribution in [0.5, 0.6) is 0 Å². The first kappa shape index (κ1) is 23.8. The molecule has 0 aliphatic heterocycles. The van der Waals surface area contributed by atoms with Gasteiger partial charge in [0.05, 0.1) is 0 Å². The van der Waals surface area contributed by atoms with E-state index in [1.807, 2.05) is 6.07 Å². The molecule has 1 heteroatoms. The summed E-state index contributed by atoms with van der Waals surface area (Å²) in [5.74, 6) is 1.65. The summed E-state index contributed by atoms with van der Waals surface area (Å²) in [5.41, 5.74) is 7.50. The Hall–Kier alpha value is -3.32. The van der Waals surface area contributed by atoms with Crippen LogP contribution >= 0.6 is 0 Å². The number of fused-ring (bicyclic) bond motifs is 3. The highest BCUT2D eigenvalue weighted by Gasteiger charge is 2.20. The Bertz CT molecular complexity index is 1410. The molecule has 0 saturated carbocycles. The molecule has 1 aromatic heterocycles. The van der Waals surface area contributed by atoms with Crippen LogP contribution < -0.4 is 0 Å². The van der Waals surface area contributed by atoms with Crippen molar-refractivity contribution in [1.82, 2.24) is 0 Å². The van der Waals surface area contributed by atoms with Crippen molar-refractivity contribution in [3.63, 3.8) is 0 Å². The van der Waals surface area contributed by atoms with Crippen molar-refractivity contribution in [2.75, 3.05) is 0 Å². The minimum absolute atomic E-state index is 0.120. The molecule has 0 radical (unpaired) electrons. The number of benzene rings is 4. The molecule has 0 aliphatic rings. The maximum absolute atomic E-state index is 6.34. The Labute approximate surface area is 204 Å². The standard InChI is InChI=1S/C24H24O.C9H12/c1-15-10-12-18(24(3,4)5)14-20(15)23-16(2)22-19-9-7-6-8-17(19)11-13-21(22)25-23;1-8(2)9-6-4-3-5-7-9/h6-14H,1-5H3;3-8H,1-2H3. The first-order valence-electron chi connectivity index (χ1n) is 12.2. The topological polar surface area (TPSA) is 13.1 Å². The molecule has 4 aromatic carbocycles. The quantitative estimate of drug-likeness (QED) is 0.262. The van der Waals surface area contributed by atoms with Gasteiger partial charge in [-0.2, -0.15) is 0 Å². The van der Waals surface area contributed by atoms with Crippen LogP contribution in [-0.4, -0.2) is 0 Å². The summed E-state index contributed by atoms with van der Waals surface area (Å²) in [7, 11) is 0. The average molecular weight is 449 g/mol. The van der Waals surface area contributed by atoms with Gasteiger partial charge < -0.3 is 4.42 Å². The molecular weight excluding hydrogens is 412 g/mol. The number of hydrogen-bond acceptors (Lipinski definition) is 1. The van der Waals surface area contributed by atoms with Gasteiger partial charge in [0.15, 0.2) is 0 Å². The second kappa shape index (κ2) is 9.50. The fourth-order valence-electron chi connectivity index (χ4n) is 4.45. The van der Waals surface area contributed by atoms with Gasteiger partial charge in [0, 0.05) is 16.5 Å². The molecule has 0 fully saturated rings. The highest BCUT2D eigenvalue weighted by Crippen LogP contribution is 2.39. The third-order valence-corrected chi connectivity index (χ3v) is 6.63. The Morgan fingerprint density at radius 3 is 2.06 bits per heavy atom. The van der Waals surface area contributed by atoms with Gasteiger partial charge in [0.25, 0.3) is 0 Å². The van der Waals surface area contributed by atoms with E-state index in [0.29, 0.717) is 5.92 Å². The predicted octanol–water partition coefficient (Wildman–Crippen LogP) is 9.98. The summed E-state index contributed by atoms with van der Waals surface area (Å²) in [6.45, 7) is 15.5. The van der Waals surface area contributed by atoms with Gasteiger partial charge >= 0.3 is 0 Å². The molecule has 0 atom stereocenters. The smallest absolute Gasteiger partial charge is 0.138 e. The molecule has 0 aliphatic carbocycles. The number of aryl methyl sites for hydroxylation is 2. The fourth-order valence-corrected chi connectivity index (χ4v) is 4.45. The van der Waals surface area contributed by atoms with E-state index < -0.39 is 0 Å². The third kappa shape index (κ3) is 4.80. The van der Waals surface area contributed by atoms with Crippen molar-refractivity contribution >= 4 is 21.7 Å². The molecule has 174 valence electrons. The zero-order valence-corrected chi connectivity index (χ0v) is 21.6. The van der Waals surface area contributed by atoms with Gasteiger partial charge in [-0.15, -0.1) is 0 Å². The lowest BCUT2D eigenvalue weighted by atomic mass is 9.84. The molecule has 0 N–H and O–H groups in total. The van der Waals surface area contributed by atoms with E-state index in [0.717, 1.165) is 11.3 Å². The molecular formula is C33H36O. The number of rotatable bonds is 2. The Kier molecular flexibility index (Phi) is 6.66. The largest absolute Gasteiger partial charge is 0.456 e. The summed E-state index contributed by atoms with van der Waals surface area (Å²) in [6, 6.07) is 30.0. The Morgan fingerprint density at radius 2 is 1.41 bits per heavy atom. The van der Waals surface area contributed by atoms with Crippen molar-refractivity contribution < 1.29 is 4.42 Å². The number of furan rings is 1. The minimum atomic E-state index is 0.120. The molecule has 1 nitrogen and oxygen atoms in total. The van der Waals surface area contributed by atoms with Crippen LogP contribution in [-0.2, 0) is 5.41 Å². The maximum atomic E-state index is 6.34. The maximum Gasteiger partial charge on any atom is 0.138 e.